The Kier molecular flexibility index (Phi) is 4.45. The zero-order valence-corrected chi connectivity index (χ0v) is 10.9. The third kappa shape index (κ3) is 3.72. The molecule has 0 aliphatic carbocycles. The normalized spacial score (nSPS) is 12.4. The molecule has 1 aromatic carbocycles. The minimum atomic E-state index is -0.855. The first-order valence-corrected chi connectivity index (χ1v) is 6.22. The molecule has 100 valence electrons. The standard InChI is InChI=1S/C14H13ClF2N2/c15-12-8-19-4-3-10(12)7-11(18)5-9-1-2-13(16)14(17)6-9/h1-4,6,8,11H,5,7,18H2. The second-order valence-corrected chi connectivity index (χ2v) is 4.79. The van der Waals surface area contributed by atoms with E-state index in [1.807, 2.05) is 0 Å². The molecule has 0 amide bonds. The third-order valence-corrected chi connectivity index (χ3v) is 3.16. The van der Waals surface area contributed by atoms with E-state index in [9.17, 15) is 8.78 Å². The van der Waals surface area contributed by atoms with E-state index in [1.165, 1.54) is 12.1 Å². The fraction of sp³-hybridized carbons (Fsp3) is 0.214. The third-order valence-electron chi connectivity index (χ3n) is 2.82. The van der Waals surface area contributed by atoms with Crippen LogP contribution in [0, 0.1) is 11.6 Å². The van der Waals surface area contributed by atoms with Gasteiger partial charge < -0.3 is 5.73 Å². The molecule has 2 nitrogen and oxygen atoms in total. The van der Waals surface area contributed by atoms with Crippen molar-refractivity contribution in [3.8, 4) is 0 Å². The quantitative estimate of drug-likeness (QED) is 0.936. The number of nitrogens with zero attached hydrogens (tertiary/aromatic N) is 1. The van der Waals surface area contributed by atoms with Crippen LogP contribution in [0.3, 0.4) is 0 Å². The molecular formula is C14H13ClF2N2. The van der Waals surface area contributed by atoms with Crippen molar-refractivity contribution in [2.75, 3.05) is 0 Å². The molecule has 5 heteroatoms. The van der Waals surface area contributed by atoms with Gasteiger partial charge >= 0.3 is 0 Å². The molecule has 0 fully saturated rings. The minimum Gasteiger partial charge on any atom is -0.327 e. The average Bonchev–Trinajstić information content (AvgIpc) is 2.37. The molecule has 1 heterocycles. The molecule has 2 rings (SSSR count). The molecule has 0 bridgehead atoms. The van der Waals surface area contributed by atoms with Gasteiger partial charge in [-0.25, -0.2) is 8.78 Å². The monoisotopic (exact) mass is 282 g/mol. The highest BCUT2D eigenvalue weighted by atomic mass is 35.5. The molecule has 1 unspecified atom stereocenters. The summed E-state index contributed by atoms with van der Waals surface area (Å²) in [5.41, 5.74) is 7.56. The largest absolute Gasteiger partial charge is 0.327 e. The van der Waals surface area contributed by atoms with Gasteiger partial charge in [-0.1, -0.05) is 17.7 Å². The molecule has 0 aliphatic rings. The van der Waals surface area contributed by atoms with Crippen LogP contribution in [0.1, 0.15) is 11.1 Å². The number of pyridine rings is 1. The van der Waals surface area contributed by atoms with Crippen LogP contribution in [0.2, 0.25) is 5.02 Å². The zero-order chi connectivity index (χ0) is 13.8. The van der Waals surface area contributed by atoms with Gasteiger partial charge in [-0.05, 0) is 42.2 Å². The predicted octanol–water partition coefficient (Wildman–Crippen LogP) is 3.13. The van der Waals surface area contributed by atoms with E-state index in [4.69, 9.17) is 17.3 Å². The first kappa shape index (κ1) is 13.9. The van der Waals surface area contributed by atoms with E-state index in [1.54, 1.807) is 18.5 Å². The number of rotatable bonds is 4. The van der Waals surface area contributed by atoms with E-state index in [2.05, 4.69) is 4.98 Å². The van der Waals surface area contributed by atoms with Gasteiger partial charge in [-0.15, -0.1) is 0 Å². The molecule has 0 aliphatic heterocycles. The van der Waals surface area contributed by atoms with Crippen LogP contribution < -0.4 is 5.73 Å². The maximum atomic E-state index is 13.1. The number of hydrogen-bond acceptors (Lipinski definition) is 2. The smallest absolute Gasteiger partial charge is 0.159 e. The van der Waals surface area contributed by atoms with Crippen molar-refractivity contribution in [2.24, 2.45) is 5.73 Å². The number of benzene rings is 1. The van der Waals surface area contributed by atoms with Gasteiger partial charge in [-0.2, -0.15) is 0 Å². The van der Waals surface area contributed by atoms with Crippen LogP contribution >= 0.6 is 11.6 Å². The Morgan fingerprint density at radius 3 is 2.63 bits per heavy atom. The zero-order valence-electron chi connectivity index (χ0n) is 10.1. The Morgan fingerprint density at radius 1 is 1.16 bits per heavy atom. The molecule has 0 saturated carbocycles. The Bertz CT molecular complexity index is 575. The second kappa shape index (κ2) is 6.08. The molecular weight excluding hydrogens is 270 g/mol. The Labute approximate surface area is 115 Å². The van der Waals surface area contributed by atoms with Gasteiger partial charge in [0.2, 0.25) is 0 Å². The van der Waals surface area contributed by atoms with Crippen molar-refractivity contribution in [1.82, 2.24) is 4.98 Å². The van der Waals surface area contributed by atoms with Gasteiger partial charge in [0.1, 0.15) is 0 Å². The summed E-state index contributed by atoms with van der Waals surface area (Å²) in [4.78, 5) is 3.89. The van der Waals surface area contributed by atoms with Crippen LogP contribution in [0.25, 0.3) is 0 Å². The summed E-state index contributed by atoms with van der Waals surface area (Å²) in [5.74, 6) is -1.71. The minimum absolute atomic E-state index is 0.218. The first-order valence-electron chi connectivity index (χ1n) is 5.84. The maximum Gasteiger partial charge on any atom is 0.159 e. The highest BCUT2D eigenvalue weighted by Gasteiger charge is 2.10. The fourth-order valence-corrected chi connectivity index (χ4v) is 2.09. The summed E-state index contributed by atoms with van der Waals surface area (Å²) in [5, 5.41) is 0.559. The molecule has 1 atom stereocenters. The van der Waals surface area contributed by atoms with Gasteiger partial charge in [-0.3, -0.25) is 4.98 Å². The van der Waals surface area contributed by atoms with E-state index >= 15 is 0 Å². The molecule has 0 radical (unpaired) electrons. The first-order chi connectivity index (χ1) is 9.06. The van der Waals surface area contributed by atoms with Gasteiger partial charge in [0.05, 0.1) is 5.02 Å². The summed E-state index contributed by atoms with van der Waals surface area (Å²) in [6.45, 7) is 0. The summed E-state index contributed by atoms with van der Waals surface area (Å²) < 4.78 is 25.9. The molecule has 0 saturated heterocycles. The topological polar surface area (TPSA) is 38.9 Å². The average molecular weight is 283 g/mol. The number of hydrogen-bond donors (Lipinski definition) is 1. The highest BCUT2D eigenvalue weighted by molar-refractivity contribution is 6.31. The summed E-state index contributed by atoms with van der Waals surface area (Å²) in [7, 11) is 0. The Balaban J connectivity index is 2.03. The van der Waals surface area contributed by atoms with Crippen LogP contribution in [-0.4, -0.2) is 11.0 Å². The molecule has 2 aromatic rings. The van der Waals surface area contributed by atoms with Gasteiger partial charge in [0, 0.05) is 18.4 Å². The van der Waals surface area contributed by atoms with E-state index in [0.29, 0.717) is 23.4 Å². The van der Waals surface area contributed by atoms with Crippen LogP contribution in [0.5, 0.6) is 0 Å². The van der Waals surface area contributed by atoms with Crippen LogP contribution in [0.15, 0.2) is 36.7 Å². The maximum absolute atomic E-state index is 13.1. The number of halogens is 3. The SMILES string of the molecule is NC(Cc1ccc(F)c(F)c1)Cc1ccncc1Cl. The number of nitrogens with two attached hydrogens (primary N) is 1. The lowest BCUT2D eigenvalue weighted by Crippen LogP contribution is -2.25. The summed E-state index contributed by atoms with van der Waals surface area (Å²) in [6.07, 6.45) is 4.21. The number of aromatic nitrogens is 1. The fourth-order valence-electron chi connectivity index (χ4n) is 1.89. The van der Waals surface area contributed by atoms with Crippen molar-refractivity contribution in [1.29, 1.82) is 0 Å². The van der Waals surface area contributed by atoms with Crippen LogP contribution in [0.4, 0.5) is 8.78 Å². The van der Waals surface area contributed by atoms with Gasteiger partial charge in [0.15, 0.2) is 11.6 Å². The second-order valence-electron chi connectivity index (χ2n) is 4.38. The Morgan fingerprint density at radius 2 is 1.95 bits per heavy atom. The van der Waals surface area contributed by atoms with Crippen molar-refractivity contribution in [3.05, 3.63) is 64.4 Å². The van der Waals surface area contributed by atoms with Gasteiger partial charge in [0.25, 0.3) is 0 Å². The van der Waals surface area contributed by atoms with Crippen molar-refractivity contribution < 1.29 is 8.78 Å². The van der Waals surface area contributed by atoms with E-state index in [-0.39, 0.29) is 6.04 Å². The van der Waals surface area contributed by atoms with Crippen molar-refractivity contribution >= 4 is 11.6 Å². The molecule has 2 N–H and O–H groups in total. The summed E-state index contributed by atoms with van der Waals surface area (Å²) in [6, 6.07) is 5.39. The van der Waals surface area contributed by atoms with Crippen molar-refractivity contribution in [3.63, 3.8) is 0 Å². The molecule has 1 aromatic heterocycles. The van der Waals surface area contributed by atoms with E-state index in [0.717, 1.165) is 11.6 Å². The van der Waals surface area contributed by atoms with Crippen LogP contribution in [-0.2, 0) is 12.8 Å². The lowest BCUT2D eigenvalue weighted by molar-refractivity contribution is 0.506. The van der Waals surface area contributed by atoms with Crippen molar-refractivity contribution in [2.45, 2.75) is 18.9 Å². The lowest BCUT2D eigenvalue weighted by Gasteiger charge is -2.12. The predicted molar refractivity (Wildman–Crippen MR) is 71.0 cm³/mol. The lowest BCUT2D eigenvalue weighted by atomic mass is 10.0. The van der Waals surface area contributed by atoms with E-state index < -0.39 is 11.6 Å². The molecule has 0 spiro atoms. The molecule has 19 heavy (non-hydrogen) atoms. The highest BCUT2D eigenvalue weighted by Crippen LogP contribution is 2.17. The Hall–Kier alpha value is -1.52. The summed E-state index contributed by atoms with van der Waals surface area (Å²) >= 11 is 5.99.